The summed E-state index contributed by atoms with van der Waals surface area (Å²) in [6, 6.07) is 12.0. The Morgan fingerprint density at radius 1 is 1.03 bits per heavy atom. The molecule has 8 heteroatoms. The second kappa shape index (κ2) is 9.23. The topological polar surface area (TPSA) is 104 Å². The first kappa shape index (κ1) is 21.7. The van der Waals surface area contributed by atoms with E-state index in [-0.39, 0.29) is 23.4 Å². The van der Waals surface area contributed by atoms with Crippen LogP contribution in [0, 0.1) is 13.8 Å². The Labute approximate surface area is 176 Å². The zero-order chi connectivity index (χ0) is 21.7. The molecular weight excluding hydrogens is 402 g/mol. The van der Waals surface area contributed by atoms with Crippen molar-refractivity contribution >= 4 is 33.6 Å². The highest BCUT2D eigenvalue weighted by atomic mass is 32.2. The molecule has 1 fully saturated rings. The summed E-state index contributed by atoms with van der Waals surface area (Å²) in [5.41, 5.74) is 3.33. The number of anilines is 1. The van der Waals surface area contributed by atoms with Crippen molar-refractivity contribution in [1.82, 2.24) is 10.0 Å². The van der Waals surface area contributed by atoms with Crippen LogP contribution >= 0.6 is 0 Å². The SMILES string of the molecule is Cc1cccc(C)c1NC(=O)CNC(=O)/C=C/c1ccc(S(=O)(=O)NC2CC2)cc1. The van der Waals surface area contributed by atoms with Crippen molar-refractivity contribution in [1.29, 1.82) is 0 Å². The van der Waals surface area contributed by atoms with Crippen LogP contribution in [0.3, 0.4) is 0 Å². The van der Waals surface area contributed by atoms with Crippen LogP contribution in [0.1, 0.15) is 29.5 Å². The first-order valence-corrected chi connectivity index (χ1v) is 11.2. The lowest BCUT2D eigenvalue weighted by molar-refractivity contribution is -0.121. The number of carbonyl (C=O) groups is 2. The molecule has 0 aliphatic heterocycles. The standard InChI is InChI=1S/C22H25N3O4S/c1-15-4-3-5-16(2)22(15)24-21(27)14-23-20(26)13-8-17-6-11-19(12-7-17)30(28,29)25-18-9-10-18/h3-8,11-13,18,25H,9-10,14H2,1-2H3,(H,23,26)(H,24,27)/b13-8+. The molecule has 2 amide bonds. The van der Waals surface area contributed by atoms with E-state index in [1.165, 1.54) is 18.2 Å². The molecule has 0 unspecified atom stereocenters. The molecule has 3 rings (SSSR count). The number of amides is 2. The molecule has 3 N–H and O–H groups in total. The Balaban J connectivity index is 1.50. The lowest BCUT2D eigenvalue weighted by atomic mass is 10.1. The van der Waals surface area contributed by atoms with Crippen molar-refractivity contribution < 1.29 is 18.0 Å². The summed E-state index contributed by atoms with van der Waals surface area (Å²) >= 11 is 0. The largest absolute Gasteiger partial charge is 0.343 e. The molecule has 1 saturated carbocycles. The molecule has 0 saturated heterocycles. The highest BCUT2D eigenvalue weighted by Crippen LogP contribution is 2.22. The second-order valence-electron chi connectivity index (χ2n) is 7.33. The third-order valence-electron chi connectivity index (χ3n) is 4.69. The first-order chi connectivity index (χ1) is 14.2. The summed E-state index contributed by atoms with van der Waals surface area (Å²) < 4.78 is 26.9. The fourth-order valence-corrected chi connectivity index (χ4v) is 4.15. The molecule has 1 aliphatic carbocycles. The van der Waals surface area contributed by atoms with Crippen LogP contribution in [-0.4, -0.2) is 32.8 Å². The summed E-state index contributed by atoms with van der Waals surface area (Å²) in [5, 5.41) is 5.34. The molecule has 0 heterocycles. The molecule has 0 atom stereocenters. The summed E-state index contributed by atoms with van der Waals surface area (Å²) in [5.74, 6) is -0.731. The summed E-state index contributed by atoms with van der Waals surface area (Å²) in [7, 11) is -3.49. The van der Waals surface area contributed by atoms with Crippen LogP contribution in [0.15, 0.2) is 53.4 Å². The van der Waals surface area contributed by atoms with Crippen molar-refractivity contribution in [3.8, 4) is 0 Å². The number of nitrogens with one attached hydrogen (secondary N) is 3. The molecule has 0 radical (unpaired) electrons. The normalized spacial score (nSPS) is 13.9. The lowest BCUT2D eigenvalue weighted by Gasteiger charge is -2.11. The van der Waals surface area contributed by atoms with Gasteiger partial charge in [0, 0.05) is 17.8 Å². The molecule has 158 valence electrons. The third kappa shape index (κ3) is 6.01. The molecule has 2 aromatic carbocycles. The van der Waals surface area contributed by atoms with E-state index in [0.29, 0.717) is 5.56 Å². The van der Waals surface area contributed by atoms with Crippen molar-refractivity contribution in [3.05, 3.63) is 65.2 Å². The van der Waals surface area contributed by atoms with E-state index in [1.807, 2.05) is 32.0 Å². The number of para-hydroxylation sites is 1. The van der Waals surface area contributed by atoms with Crippen LogP contribution in [0.25, 0.3) is 6.08 Å². The van der Waals surface area contributed by atoms with Gasteiger partial charge in [-0.25, -0.2) is 13.1 Å². The monoisotopic (exact) mass is 427 g/mol. The molecule has 30 heavy (non-hydrogen) atoms. The summed E-state index contributed by atoms with van der Waals surface area (Å²) in [4.78, 5) is 24.3. The van der Waals surface area contributed by atoms with E-state index in [9.17, 15) is 18.0 Å². The average Bonchev–Trinajstić information content (AvgIpc) is 3.51. The van der Waals surface area contributed by atoms with Crippen molar-refractivity contribution in [2.45, 2.75) is 37.6 Å². The Bertz CT molecular complexity index is 1050. The van der Waals surface area contributed by atoms with E-state index < -0.39 is 15.9 Å². The fraction of sp³-hybridized carbons (Fsp3) is 0.273. The molecule has 0 bridgehead atoms. The maximum Gasteiger partial charge on any atom is 0.244 e. The number of hydrogen-bond acceptors (Lipinski definition) is 4. The van der Waals surface area contributed by atoms with E-state index in [2.05, 4.69) is 15.4 Å². The van der Waals surface area contributed by atoms with Gasteiger partial charge >= 0.3 is 0 Å². The smallest absolute Gasteiger partial charge is 0.244 e. The first-order valence-electron chi connectivity index (χ1n) is 9.69. The lowest BCUT2D eigenvalue weighted by Crippen LogP contribution is -2.32. The highest BCUT2D eigenvalue weighted by molar-refractivity contribution is 7.89. The summed E-state index contributed by atoms with van der Waals surface area (Å²) in [6.07, 6.45) is 4.61. The molecule has 7 nitrogen and oxygen atoms in total. The van der Waals surface area contributed by atoms with Gasteiger partial charge in [0.2, 0.25) is 21.8 Å². The Morgan fingerprint density at radius 2 is 1.67 bits per heavy atom. The van der Waals surface area contributed by atoms with Crippen LogP contribution in [-0.2, 0) is 19.6 Å². The van der Waals surface area contributed by atoms with E-state index in [0.717, 1.165) is 29.7 Å². The number of sulfonamides is 1. The minimum Gasteiger partial charge on any atom is -0.343 e. The number of aryl methyl sites for hydroxylation is 2. The van der Waals surface area contributed by atoms with E-state index >= 15 is 0 Å². The van der Waals surface area contributed by atoms with Gasteiger partial charge in [-0.15, -0.1) is 0 Å². The minimum absolute atomic E-state index is 0.0465. The Kier molecular flexibility index (Phi) is 6.69. The Morgan fingerprint density at radius 3 is 2.27 bits per heavy atom. The van der Waals surface area contributed by atoms with Gasteiger partial charge in [-0.1, -0.05) is 30.3 Å². The van der Waals surface area contributed by atoms with Crippen LogP contribution in [0.2, 0.25) is 0 Å². The van der Waals surface area contributed by atoms with Gasteiger partial charge in [-0.05, 0) is 61.6 Å². The minimum atomic E-state index is -3.49. The zero-order valence-electron chi connectivity index (χ0n) is 16.9. The molecule has 1 aliphatic rings. The van der Waals surface area contributed by atoms with Gasteiger partial charge in [-0.3, -0.25) is 9.59 Å². The zero-order valence-corrected chi connectivity index (χ0v) is 17.8. The van der Waals surface area contributed by atoms with Crippen LogP contribution in [0.4, 0.5) is 5.69 Å². The number of rotatable bonds is 8. The van der Waals surface area contributed by atoms with Gasteiger partial charge in [0.15, 0.2) is 0 Å². The van der Waals surface area contributed by atoms with E-state index in [1.54, 1.807) is 18.2 Å². The Hall–Kier alpha value is -2.97. The van der Waals surface area contributed by atoms with Gasteiger partial charge in [0.25, 0.3) is 0 Å². The van der Waals surface area contributed by atoms with Gasteiger partial charge in [0.05, 0.1) is 11.4 Å². The quantitative estimate of drug-likeness (QED) is 0.563. The predicted molar refractivity (Wildman–Crippen MR) is 116 cm³/mol. The molecule has 0 aromatic heterocycles. The second-order valence-corrected chi connectivity index (χ2v) is 9.04. The van der Waals surface area contributed by atoms with Gasteiger partial charge in [0.1, 0.15) is 0 Å². The molecule has 0 spiro atoms. The average molecular weight is 428 g/mol. The van der Waals surface area contributed by atoms with Gasteiger partial charge < -0.3 is 10.6 Å². The van der Waals surface area contributed by atoms with E-state index in [4.69, 9.17) is 0 Å². The number of benzene rings is 2. The summed E-state index contributed by atoms with van der Waals surface area (Å²) in [6.45, 7) is 3.66. The van der Waals surface area contributed by atoms with Crippen LogP contribution in [0.5, 0.6) is 0 Å². The van der Waals surface area contributed by atoms with Crippen molar-refractivity contribution in [2.75, 3.05) is 11.9 Å². The third-order valence-corrected chi connectivity index (χ3v) is 6.22. The maximum atomic E-state index is 12.2. The molecular formula is C22H25N3O4S. The molecule has 2 aromatic rings. The van der Waals surface area contributed by atoms with Crippen LogP contribution < -0.4 is 15.4 Å². The van der Waals surface area contributed by atoms with Crippen molar-refractivity contribution in [2.24, 2.45) is 0 Å². The number of carbonyl (C=O) groups excluding carboxylic acids is 2. The fourth-order valence-electron chi connectivity index (χ4n) is 2.84. The predicted octanol–water partition coefficient (Wildman–Crippen LogP) is 2.51. The van der Waals surface area contributed by atoms with Gasteiger partial charge in [-0.2, -0.15) is 0 Å². The highest BCUT2D eigenvalue weighted by Gasteiger charge is 2.27. The maximum absolute atomic E-state index is 12.2. The van der Waals surface area contributed by atoms with Crippen molar-refractivity contribution in [3.63, 3.8) is 0 Å². The number of hydrogen-bond donors (Lipinski definition) is 3.